The van der Waals surface area contributed by atoms with Crippen LogP contribution in [0.5, 0.6) is 0 Å². The molecule has 0 heterocycles. The Morgan fingerprint density at radius 3 is 2.16 bits per heavy atom. The Bertz CT molecular complexity index is 542. The number of carbonyl (C=O) groups excluding carboxylic acids is 1. The van der Waals surface area contributed by atoms with Crippen molar-refractivity contribution < 1.29 is 13.2 Å². The molecule has 0 spiro atoms. The van der Waals surface area contributed by atoms with Crippen molar-refractivity contribution in [2.24, 2.45) is 10.6 Å². The molecule has 1 aromatic carbocycles. The fourth-order valence-electron chi connectivity index (χ4n) is 1.43. The first-order chi connectivity index (χ1) is 8.60. The smallest absolute Gasteiger partial charge is 0.238 e. The molecule has 0 saturated heterocycles. The van der Waals surface area contributed by atoms with E-state index in [1.165, 1.54) is 12.1 Å². The molecule has 1 aromatic rings. The van der Waals surface area contributed by atoms with Crippen LogP contribution in [0.2, 0.25) is 0 Å². The Hall–Kier alpha value is -1.40. The zero-order valence-corrected chi connectivity index (χ0v) is 12.3. The average molecular weight is 284 g/mol. The van der Waals surface area contributed by atoms with Crippen LogP contribution in [-0.4, -0.2) is 20.9 Å². The van der Waals surface area contributed by atoms with Gasteiger partial charge in [-0.05, 0) is 24.1 Å². The van der Waals surface area contributed by atoms with Crippen molar-refractivity contribution in [2.75, 3.05) is 6.54 Å². The van der Waals surface area contributed by atoms with Crippen molar-refractivity contribution in [3.05, 3.63) is 29.8 Å². The number of primary sulfonamides is 1. The van der Waals surface area contributed by atoms with E-state index in [0.29, 0.717) is 13.0 Å². The minimum Gasteiger partial charge on any atom is -0.355 e. The first-order valence-electron chi connectivity index (χ1n) is 6.01. The number of benzene rings is 1. The highest BCUT2D eigenvalue weighted by Crippen LogP contribution is 2.12. The number of amides is 1. The van der Waals surface area contributed by atoms with Gasteiger partial charge in [-0.2, -0.15) is 0 Å². The largest absolute Gasteiger partial charge is 0.355 e. The third kappa shape index (κ3) is 5.00. The normalized spacial score (nSPS) is 12.2. The van der Waals surface area contributed by atoms with Gasteiger partial charge < -0.3 is 5.32 Å². The summed E-state index contributed by atoms with van der Waals surface area (Å²) in [5.41, 5.74) is 0.541. The van der Waals surface area contributed by atoms with E-state index in [9.17, 15) is 13.2 Å². The summed E-state index contributed by atoms with van der Waals surface area (Å²) in [4.78, 5) is 11.7. The molecular formula is C13H20N2O3S. The van der Waals surface area contributed by atoms with Crippen molar-refractivity contribution in [1.82, 2.24) is 5.32 Å². The van der Waals surface area contributed by atoms with E-state index in [1.54, 1.807) is 12.1 Å². The molecular weight excluding hydrogens is 264 g/mol. The molecule has 1 rings (SSSR count). The van der Waals surface area contributed by atoms with Gasteiger partial charge in [0, 0.05) is 12.0 Å². The average Bonchev–Trinajstić information content (AvgIpc) is 2.27. The summed E-state index contributed by atoms with van der Waals surface area (Å²) in [5.74, 6) is -0.00587. The summed E-state index contributed by atoms with van der Waals surface area (Å²) >= 11 is 0. The van der Waals surface area contributed by atoms with Crippen LogP contribution in [0.15, 0.2) is 29.2 Å². The van der Waals surface area contributed by atoms with Crippen LogP contribution in [0.25, 0.3) is 0 Å². The molecule has 0 bridgehead atoms. The third-order valence-electron chi connectivity index (χ3n) is 2.63. The lowest BCUT2D eigenvalue weighted by atomic mass is 9.95. The maximum atomic E-state index is 11.6. The molecule has 0 saturated carbocycles. The lowest BCUT2D eigenvalue weighted by Gasteiger charge is -2.17. The SMILES string of the molecule is CC(C)(C)C(=O)NCCc1ccc(S(N)(=O)=O)cc1. The number of rotatable bonds is 4. The van der Waals surface area contributed by atoms with E-state index in [1.807, 2.05) is 20.8 Å². The van der Waals surface area contributed by atoms with E-state index in [4.69, 9.17) is 5.14 Å². The second kappa shape index (κ2) is 5.71. The van der Waals surface area contributed by atoms with Crippen LogP contribution in [0.3, 0.4) is 0 Å². The standard InChI is InChI=1S/C13H20N2O3S/c1-13(2,3)12(16)15-9-8-10-4-6-11(7-5-10)19(14,17)18/h4-7H,8-9H2,1-3H3,(H,15,16)(H2,14,17,18). The van der Waals surface area contributed by atoms with Gasteiger partial charge in [0.2, 0.25) is 15.9 Å². The van der Waals surface area contributed by atoms with E-state index in [2.05, 4.69) is 5.32 Å². The first-order valence-corrected chi connectivity index (χ1v) is 7.55. The number of hydrogen-bond acceptors (Lipinski definition) is 3. The summed E-state index contributed by atoms with van der Waals surface area (Å²) in [6.07, 6.45) is 0.646. The molecule has 0 aliphatic carbocycles. The van der Waals surface area contributed by atoms with Crippen LogP contribution in [0, 0.1) is 5.41 Å². The highest BCUT2D eigenvalue weighted by atomic mass is 32.2. The summed E-state index contributed by atoms with van der Waals surface area (Å²) in [7, 11) is -3.64. The molecule has 0 fully saturated rings. The van der Waals surface area contributed by atoms with Gasteiger partial charge in [0.15, 0.2) is 0 Å². The predicted octanol–water partition coefficient (Wildman–Crippen LogP) is 1.04. The summed E-state index contributed by atoms with van der Waals surface area (Å²) in [6.45, 7) is 6.07. The zero-order chi connectivity index (χ0) is 14.7. The van der Waals surface area contributed by atoms with Crippen molar-refractivity contribution in [1.29, 1.82) is 0 Å². The maximum absolute atomic E-state index is 11.6. The number of nitrogens with two attached hydrogens (primary N) is 1. The maximum Gasteiger partial charge on any atom is 0.238 e. The van der Waals surface area contributed by atoms with Crippen molar-refractivity contribution in [2.45, 2.75) is 32.1 Å². The minimum atomic E-state index is -3.64. The summed E-state index contributed by atoms with van der Waals surface area (Å²) < 4.78 is 22.2. The highest BCUT2D eigenvalue weighted by molar-refractivity contribution is 7.89. The molecule has 1 amide bonds. The van der Waals surface area contributed by atoms with Crippen LogP contribution in [0.4, 0.5) is 0 Å². The molecule has 106 valence electrons. The van der Waals surface area contributed by atoms with Gasteiger partial charge in [-0.25, -0.2) is 13.6 Å². The fraction of sp³-hybridized carbons (Fsp3) is 0.462. The Morgan fingerprint density at radius 1 is 1.21 bits per heavy atom. The molecule has 0 aliphatic heterocycles. The molecule has 0 atom stereocenters. The van der Waals surface area contributed by atoms with E-state index in [-0.39, 0.29) is 10.8 Å². The van der Waals surface area contributed by atoms with E-state index >= 15 is 0 Å². The molecule has 0 aromatic heterocycles. The van der Waals surface area contributed by atoms with Crippen molar-refractivity contribution in [3.8, 4) is 0 Å². The molecule has 0 aliphatic rings. The van der Waals surface area contributed by atoms with Gasteiger partial charge in [0.05, 0.1) is 4.90 Å². The molecule has 6 heteroatoms. The van der Waals surface area contributed by atoms with Crippen LogP contribution < -0.4 is 10.5 Å². The molecule has 19 heavy (non-hydrogen) atoms. The Morgan fingerprint density at radius 2 is 1.74 bits per heavy atom. The Labute approximate surface area is 114 Å². The quantitative estimate of drug-likeness (QED) is 0.865. The van der Waals surface area contributed by atoms with Gasteiger partial charge >= 0.3 is 0 Å². The number of hydrogen-bond donors (Lipinski definition) is 2. The number of sulfonamides is 1. The number of carbonyl (C=O) groups is 1. The number of nitrogens with one attached hydrogen (secondary N) is 1. The molecule has 0 radical (unpaired) electrons. The second-order valence-corrected chi connectivity index (χ2v) is 7.01. The first kappa shape index (κ1) is 15.7. The van der Waals surface area contributed by atoms with Crippen LogP contribution in [-0.2, 0) is 21.2 Å². The fourth-order valence-corrected chi connectivity index (χ4v) is 1.95. The van der Waals surface area contributed by atoms with Crippen LogP contribution >= 0.6 is 0 Å². The minimum absolute atomic E-state index is 0.00587. The highest BCUT2D eigenvalue weighted by Gasteiger charge is 2.20. The lowest BCUT2D eigenvalue weighted by Crippen LogP contribution is -2.35. The monoisotopic (exact) mass is 284 g/mol. The third-order valence-corrected chi connectivity index (χ3v) is 3.56. The van der Waals surface area contributed by atoms with Crippen molar-refractivity contribution >= 4 is 15.9 Å². The molecule has 3 N–H and O–H groups in total. The van der Waals surface area contributed by atoms with Gasteiger partial charge in [0.25, 0.3) is 0 Å². The topological polar surface area (TPSA) is 89.3 Å². The molecule has 0 unspecified atom stereocenters. The zero-order valence-electron chi connectivity index (χ0n) is 11.4. The van der Waals surface area contributed by atoms with Crippen LogP contribution in [0.1, 0.15) is 26.3 Å². The van der Waals surface area contributed by atoms with Gasteiger partial charge in [-0.15, -0.1) is 0 Å². The van der Waals surface area contributed by atoms with E-state index < -0.39 is 15.4 Å². The second-order valence-electron chi connectivity index (χ2n) is 5.44. The van der Waals surface area contributed by atoms with E-state index in [0.717, 1.165) is 5.56 Å². The predicted molar refractivity (Wildman–Crippen MR) is 74.0 cm³/mol. The van der Waals surface area contributed by atoms with Gasteiger partial charge in [-0.3, -0.25) is 4.79 Å². The van der Waals surface area contributed by atoms with Gasteiger partial charge in [0.1, 0.15) is 0 Å². The van der Waals surface area contributed by atoms with Crippen molar-refractivity contribution in [3.63, 3.8) is 0 Å². The lowest BCUT2D eigenvalue weighted by molar-refractivity contribution is -0.128. The Balaban J connectivity index is 2.54. The van der Waals surface area contributed by atoms with Gasteiger partial charge in [-0.1, -0.05) is 32.9 Å². The summed E-state index contributed by atoms with van der Waals surface area (Å²) in [6, 6.07) is 6.33. The molecule has 5 nitrogen and oxygen atoms in total. The Kier molecular flexibility index (Phi) is 4.70. The summed E-state index contributed by atoms with van der Waals surface area (Å²) in [5, 5.41) is 7.84.